The standard InChI is InChI=1S/C12H19O2/c13-11-7-3-1-5-9(11)10-6-2-4-8-12(10)14/h1,5,9-13H,2-4,6-8H2/q-1. The first-order valence-corrected chi connectivity index (χ1v) is 5.79. The summed E-state index contributed by atoms with van der Waals surface area (Å²) >= 11 is 0. The Kier molecular flexibility index (Phi) is 3.24. The predicted molar refractivity (Wildman–Crippen MR) is 53.6 cm³/mol. The van der Waals surface area contributed by atoms with Crippen molar-refractivity contribution in [2.75, 3.05) is 0 Å². The topological polar surface area (TPSA) is 43.3 Å². The van der Waals surface area contributed by atoms with Crippen LogP contribution in [0.25, 0.3) is 0 Å². The molecular weight excluding hydrogens is 176 g/mol. The smallest absolute Gasteiger partial charge is 0.0608 e. The summed E-state index contributed by atoms with van der Waals surface area (Å²) < 4.78 is 0. The highest BCUT2D eigenvalue weighted by Gasteiger charge is 2.30. The maximum atomic E-state index is 11.8. The van der Waals surface area contributed by atoms with E-state index in [-0.39, 0.29) is 17.9 Å². The molecule has 2 rings (SSSR count). The summed E-state index contributed by atoms with van der Waals surface area (Å²) in [6.45, 7) is 0. The maximum Gasteiger partial charge on any atom is 0.0608 e. The van der Waals surface area contributed by atoms with Crippen molar-refractivity contribution in [2.24, 2.45) is 11.8 Å². The first kappa shape index (κ1) is 10.2. The summed E-state index contributed by atoms with van der Waals surface area (Å²) in [6.07, 6.45) is 9.37. The van der Waals surface area contributed by atoms with Crippen LogP contribution in [-0.4, -0.2) is 17.3 Å². The molecule has 0 aliphatic heterocycles. The lowest BCUT2D eigenvalue weighted by Gasteiger charge is -2.42. The molecule has 0 aromatic rings. The molecule has 1 saturated carbocycles. The monoisotopic (exact) mass is 195 g/mol. The molecule has 0 aromatic carbocycles. The van der Waals surface area contributed by atoms with Gasteiger partial charge in [0.1, 0.15) is 0 Å². The highest BCUT2D eigenvalue weighted by Crippen LogP contribution is 2.34. The lowest BCUT2D eigenvalue weighted by molar-refractivity contribution is -0.441. The SMILES string of the molecule is [O-]C1CCCCC1C1C=CCCC1O. The van der Waals surface area contributed by atoms with E-state index in [2.05, 4.69) is 12.2 Å². The fourth-order valence-electron chi connectivity index (χ4n) is 2.83. The molecule has 0 saturated heterocycles. The molecule has 0 spiro atoms. The van der Waals surface area contributed by atoms with Crippen LogP contribution in [0.2, 0.25) is 0 Å². The molecule has 0 amide bonds. The Morgan fingerprint density at radius 2 is 1.93 bits per heavy atom. The molecule has 80 valence electrons. The van der Waals surface area contributed by atoms with Crippen molar-refractivity contribution < 1.29 is 10.2 Å². The second kappa shape index (κ2) is 4.45. The molecule has 1 fully saturated rings. The van der Waals surface area contributed by atoms with Gasteiger partial charge in [-0.2, -0.15) is 0 Å². The van der Waals surface area contributed by atoms with Gasteiger partial charge < -0.3 is 10.2 Å². The van der Waals surface area contributed by atoms with Gasteiger partial charge in [-0.15, -0.1) is 6.10 Å². The lowest BCUT2D eigenvalue weighted by Crippen LogP contribution is -2.44. The summed E-state index contributed by atoms with van der Waals surface area (Å²) in [5.41, 5.74) is 0. The number of aliphatic hydroxyl groups is 1. The third-order valence-electron chi connectivity index (χ3n) is 3.68. The van der Waals surface area contributed by atoms with Crippen LogP contribution in [0.5, 0.6) is 0 Å². The molecule has 0 radical (unpaired) electrons. The van der Waals surface area contributed by atoms with E-state index < -0.39 is 6.10 Å². The predicted octanol–water partition coefficient (Wildman–Crippen LogP) is 1.23. The third kappa shape index (κ3) is 2.01. The van der Waals surface area contributed by atoms with Gasteiger partial charge in [0.15, 0.2) is 0 Å². The first-order chi connectivity index (χ1) is 6.79. The van der Waals surface area contributed by atoms with Crippen LogP contribution in [0.1, 0.15) is 38.5 Å². The van der Waals surface area contributed by atoms with E-state index in [1.807, 2.05) is 0 Å². The van der Waals surface area contributed by atoms with Crippen molar-refractivity contribution in [3.8, 4) is 0 Å². The minimum atomic E-state index is -0.439. The Hall–Kier alpha value is -0.340. The minimum Gasteiger partial charge on any atom is -0.852 e. The zero-order valence-corrected chi connectivity index (χ0v) is 8.56. The number of hydrogen-bond acceptors (Lipinski definition) is 2. The minimum absolute atomic E-state index is 0.145. The van der Waals surface area contributed by atoms with E-state index in [1.54, 1.807) is 0 Å². The van der Waals surface area contributed by atoms with Crippen molar-refractivity contribution in [1.82, 2.24) is 0 Å². The van der Waals surface area contributed by atoms with Crippen molar-refractivity contribution in [1.29, 1.82) is 0 Å². The van der Waals surface area contributed by atoms with Crippen LogP contribution < -0.4 is 5.11 Å². The zero-order valence-electron chi connectivity index (χ0n) is 8.56. The summed E-state index contributed by atoms with van der Waals surface area (Å²) in [5.74, 6) is 0.335. The average molecular weight is 195 g/mol. The number of hydrogen-bond donors (Lipinski definition) is 1. The third-order valence-corrected chi connectivity index (χ3v) is 3.68. The van der Waals surface area contributed by atoms with Crippen LogP contribution in [0.3, 0.4) is 0 Å². The Balaban J connectivity index is 2.04. The average Bonchev–Trinajstić information content (AvgIpc) is 2.20. The summed E-state index contributed by atoms with van der Waals surface area (Å²) in [5, 5.41) is 21.6. The van der Waals surface area contributed by atoms with E-state index >= 15 is 0 Å². The molecule has 0 heterocycles. The van der Waals surface area contributed by atoms with Crippen LogP contribution in [0.15, 0.2) is 12.2 Å². The van der Waals surface area contributed by atoms with Gasteiger partial charge in [0.05, 0.1) is 6.10 Å². The first-order valence-electron chi connectivity index (χ1n) is 5.79. The largest absolute Gasteiger partial charge is 0.852 e. The van der Waals surface area contributed by atoms with E-state index in [0.29, 0.717) is 0 Å². The number of allylic oxidation sites excluding steroid dienone is 1. The van der Waals surface area contributed by atoms with Crippen molar-refractivity contribution in [2.45, 2.75) is 50.7 Å². The molecule has 0 bridgehead atoms. The number of aliphatic hydroxyl groups excluding tert-OH is 1. The lowest BCUT2D eigenvalue weighted by atomic mass is 9.73. The normalized spacial score (nSPS) is 43.9. The van der Waals surface area contributed by atoms with Gasteiger partial charge in [0.25, 0.3) is 0 Å². The Morgan fingerprint density at radius 1 is 1.14 bits per heavy atom. The highest BCUT2D eigenvalue weighted by molar-refractivity contribution is 5.01. The van der Waals surface area contributed by atoms with E-state index in [4.69, 9.17) is 0 Å². The summed E-state index contributed by atoms with van der Waals surface area (Å²) in [6, 6.07) is 0. The fraction of sp³-hybridized carbons (Fsp3) is 0.833. The Bertz CT molecular complexity index is 212. The van der Waals surface area contributed by atoms with Crippen LogP contribution in [0.4, 0.5) is 0 Å². The molecule has 2 heteroatoms. The van der Waals surface area contributed by atoms with Gasteiger partial charge >= 0.3 is 0 Å². The molecule has 4 atom stereocenters. The Labute approximate surface area is 85.6 Å². The molecular formula is C12H19O2-. The van der Waals surface area contributed by atoms with Gasteiger partial charge in [-0.25, -0.2) is 0 Å². The van der Waals surface area contributed by atoms with Gasteiger partial charge in [-0.3, -0.25) is 0 Å². The van der Waals surface area contributed by atoms with Gasteiger partial charge in [-0.1, -0.05) is 37.8 Å². The van der Waals surface area contributed by atoms with Crippen LogP contribution >= 0.6 is 0 Å². The molecule has 2 aliphatic rings. The quantitative estimate of drug-likeness (QED) is 0.640. The second-order valence-electron chi connectivity index (χ2n) is 4.64. The van der Waals surface area contributed by atoms with E-state index in [1.165, 1.54) is 6.42 Å². The molecule has 14 heavy (non-hydrogen) atoms. The van der Waals surface area contributed by atoms with E-state index in [9.17, 15) is 10.2 Å². The summed E-state index contributed by atoms with van der Waals surface area (Å²) in [4.78, 5) is 0. The highest BCUT2D eigenvalue weighted by atomic mass is 16.3. The molecule has 4 unspecified atom stereocenters. The van der Waals surface area contributed by atoms with Gasteiger partial charge in [-0.05, 0) is 18.8 Å². The van der Waals surface area contributed by atoms with Gasteiger partial charge in [0, 0.05) is 5.92 Å². The maximum absolute atomic E-state index is 11.8. The Morgan fingerprint density at radius 3 is 2.64 bits per heavy atom. The molecule has 1 N–H and O–H groups in total. The van der Waals surface area contributed by atoms with Gasteiger partial charge in [0.2, 0.25) is 0 Å². The number of rotatable bonds is 1. The van der Waals surface area contributed by atoms with Crippen LogP contribution in [-0.2, 0) is 0 Å². The van der Waals surface area contributed by atoms with E-state index in [0.717, 1.165) is 32.1 Å². The molecule has 2 nitrogen and oxygen atoms in total. The zero-order chi connectivity index (χ0) is 9.97. The van der Waals surface area contributed by atoms with Crippen molar-refractivity contribution in [3.63, 3.8) is 0 Å². The second-order valence-corrected chi connectivity index (χ2v) is 4.64. The van der Waals surface area contributed by atoms with Crippen molar-refractivity contribution >= 4 is 0 Å². The van der Waals surface area contributed by atoms with Crippen molar-refractivity contribution in [3.05, 3.63) is 12.2 Å². The van der Waals surface area contributed by atoms with Crippen LogP contribution in [0, 0.1) is 11.8 Å². The molecule has 0 aromatic heterocycles. The molecule has 2 aliphatic carbocycles. The summed E-state index contributed by atoms with van der Waals surface area (Å²) in [7, 11) is 0. The fourth-order valence-corrected chi connectivity index (χ4v) is 2.83.